The van der Waals surface area contributed by atoms with Crippen LogP contribution in [0.2, 0.25) is 0 Å². The van der Waals surface area contributed by atoms with Crippen LogP contribution in [0.3, 0.4) is 0 Å². The maximum Gasteiger partial charge on any atom is 0.261 e. The first-order valence-corrected chi connectivity index (χ1v) is 7.93. The van der Waals surface area contributed by atoms with Gasteiger partial charge in [-0.3, -0.25) is 9.78 Å². The van der Waals surface area contributed by atoms with Crippen molar-refractivity contribution in [1.29, 1.82) is 0 Å². The van der Waals surface area contributed by atoms with E-state index >= 15 is 0 Å². The molecule has 1 aromatic heterocycles. The molecule has 1 aromatic carbocycles. The van der Waals surface area contributed by atoms with Gasteiger partial charge in [0.25, 0.3) is 5.91 Å². The zero-order valence-electron chi connectivity index (χ0n) is 14.4. The van der Waals surface area contributed by atoms with Gasteiger partial charge in [-0.2, -0.15) is 0 Å². The highest BCUT2D eigenvalue weighted by molar-refractivity contribution is 5.78. The third-order valence-corrected chi connectivity index (χ3v) is 3.62. The largest absolute Gasteiger partial charge is 0.482 e. The van der Waals surface area contributed by atoms with Crippen molar-refractivity contribution in [2.75, 3.05) is 6.61 Å². The number of rotatable bonds is 6. The van der Waals surface area contributed by atoms with Crippen molar-refractivity contribution in [3.05, 3.63) is 59.9 Å². The van der Waals surface area contributed by atoms with E-state index < -0.39 is 0 Å². The summed E-state index contributed by atoms with van der Waals surface area (Å²) in [5.74, 6) is 0.423. The van der Waals surface area contributed by atoms with Gasteiger partial charge in [-0.1, -0.05) is 30.3 Å². The highest BCUT2D eigenvalue weighted by Crippen LogP contribution is 2.18. The summed E-state index contributed by atoms with van der Waals surface area (Å²) < 4.78 is 5.55. The Balaban J connectivity index is 2.02. The Labute approximate surface area is 142 Å². The number of aliphatic hydroxyl groups excluding tert-OH is 1. The summed E-state index contributed by atoms with van der Waals surface area (Å²) in [4.78, 5) is 18.5. The lowest BCUT2D eigenvalue weighted by atomic mass is 10.0. The molecule has 5 nitrogen and oxygen atoms in total. The van der Waals surface area contributed by atoms with Crippen LogP contribution in [0, 0.1) is 0 Å². The standard InChI is InChI=1S/C19H24N2O3/c1-19(2,3)21(12-15-7-5-4-6-8-15)18(23)14-24-17-10-9-16(13-22)20-11-17/h4-11,22H,12-14H2,1-3H3. The molecule has 2 aromatic rings. The number of hydrogen-bond acceptors (Lipinski definition) is 4. The molecule has 0 saturated heterocycles. The maximum absolute atomic E-state index is 12.6. The number of pyridine rings is 1. The highest BCUT2D eigenvalue weighted by atomic mass is 16.5. The first kappa shape index (κ1) is 17.9. The van der Waals surface area contributed by atoms with Gasteiger partial charge < -0.3 is 14.7 Å². The molecule has 0 bridgehead atoms. The van der Waals surface area contributed by atoms with Gasteiger partial charge in [-0.05, 0) is 38.5 Å². The fraction of sp³-hybridized carbons (Fsp3) is 0.368. The Bertz CT molecular complexity index is 649. The topological polar surface area (TPSA) is 62.7 Å². The molecular formula is C19H24N2O3. The van der Waals surface area contributed by atoms with Gasteiger partial charge in [-0.25, -0.2) is 0 Å². The van der Waals surface area contributed by atoms with Gasteiger partial charge in [0, 0.05) is 12.1 Å². The molecule has 0 fully saturated rings. The SMILES string of the molecule is CC(C)(C)N(Cc1ccccc1)C(=O)COc1ccc(CO)nc1. The summed E-state index contributed by atoms with van der Waals surface area (Å²) in [5, 5.41) is 8.98. The number of carbonyl (C=O) groups is 1. The minimum atomic E-state index is -0.310. The highest BCUT2D eigenvalue weighted by Gasteiger charge is 2.26. The van der Waals surface area contributed by atoms with Crippen LogP contribution < -0.4 is 4.74 Å². The first-order chi connectivity index (χ1) is 11.4. The molecule has 128 valence electrons. The lowest BCUT2D eigenvalue weighted by Crippen LogP contribution is -2.47. The van der Waals surface area contributed by atoms with E-state index in [2.05, 4.69) is 4.98 Å². The summed E-state index contributed by atoms with van der Waals surface area (Å²) in [5.41, 5.74) is 1.33. The van der Waals surface area contributed by atoms with Gasteiger partial charge in [-0.15, -0.1) is 0 Å². The minimum absolute atomic E-state index is 0.0513. The summed E-state index contributed by atoms with van der Waals surface area (Å²) in [7, 11) is 0. The second-order valence-electron chi connectivity index (χ2n) is 6.57. The third kappa shape index (κ3) is 5.06. The third-order valence-electron chi connectivity index (χ3n) is 3.62. The van der Waals surface area contributed by atoms with E-state index in [1.54, 1.807) is 17.0 Å². The van der Waals surface area contributed by atoms with E-state index in [0.717, 1.165) is 5.56 Å². The summed E-state index contributed by atoms with van der Waals surface area (Å²) in [6.07, 6.45) is 1.51. The molecular weight excluding hydrogens is 304 g/mol. The Morgan fingerprint density at radius 2 is 1.88 bits per heavy atom. The number of aromatic nitrogens is 1. The summed E-state index contributed by atoms with van der Waals surface area (Å²) in [6.45, 7) is 6.38. The molecule has 0 saturated carbocycles. The average molecular weight is 328 g/mol. The first-order valence-electron chi connectivity index (χ1n) is 7.93. The molecule has 0 unspecified atom stereocenters. The molecule has 5 heteroatoms. The van der Waals surface area contributed by atoms with Crippen molar-refractivity contribution in [3.8, 4) is 5.75 Å². The van der Waals surface area contributed by atoms with Gasteiger partial charge in [0.2, 0.25) is 0 Å². The Morgan fingerprint density at radius 3 is 2.42 bits per heavy atom. The van der Waals surface area contributed by atoms with Crippen LogP contribution in [0.5, 0.6) is 5.75 Å². The summed E-state index contributed by atoms with van der Waals surface area (Å²) in [6, 6.07) is 13.3. The fourth-order valence-corrected chi connectivity index (χ4v) is 2.28. The van der Waals surface area contributed by atoms with Crippen molar-refractivity contribution >= 4 is 5.91 Å². The predicted octanol–water partition coefficient (Wildman–Crippen LogP) is 2.78. The Hall–Kier alpha value is -2.40. The van der Waals surface area contributed by atoms with Crippen molar-refractivity contribution in [3.63, 3.8) is 0 Å². The van der Waals surface area contributed by atoms with Gasteiger partial charge in [0.05, 0.1) is 18.5 Å². The lowest BCUT2D eigenvalue weighted by Gasteiger charge is -2.35. The maximum atomic E-state index is 12.6. The van der Waals surface area contributed by atoms with Gasteiger partial charge >= 0.3 is 0 Å². The Morgan fingerprint density at radius 1 is 1.17 bits per heavy atom. The fourth-order valence-electron chi connectivity index (χ4n) is 2.28. The van der Waals surface area contributed by atoms with Gasteiger partial charge in [0.1, 0.15) is 5.75 Å². The molecule has 2 rings (SSSR count). The monoisotopic (exact) mass is 328 g/mol. The number of aliphatic hydroxyl groups is 1. The molecule has 24 heavy (non-hydrogen) atoms. The molecule has 1 heterocycles. The van der Waals surface area contributed by atoms with Crippen molar-refractivity contribution in [2.24, 2.45) is 0 Å². The van der Waals surface area contributed by atoms with E-state index in [4.69, 9.17) is 9.84 Å². The van der Waals surface area contributed by atoms with Crippen LogP contribution in [-0.4, -0.2) is 33.0 Å². The molecule has 1 N–H and O–H groups in total. The van der Waals surface area contributed by atoms with E-state index in [1.165, 1.54) is 6.20 Å². The van der Waals surface area contributed by atoms with E-state index in [0.29, 0.717) is 18.0 Å². The normalized spacial score (nSPS) is 11.2. The van der Waals surface area contributed by atoms with Crippen LogP contribution >= 0.6 is 0 Å². The number of carbonyl (C=O) groups excluding carboxylic acids is 1. The molecule has 1 amide bonds. The minimum Gasteiger partial charge on any atom is -0.482 e. The van der Waals surface area contributed by atoms with Crippen LogP contribution in [0.1, 0.15) is 32.0 Å². The van der Waals surface area contributed by atoms with Crippen molar-refractivity contribution < 1.29 is 14.6 Å². The number of benzene rings is 1. The zero-order chi connectivity index (χ0) is 17.6. The van der Waals surface area contributed by atoms with Crippen molar-refractivity contribution in [1.82, 2.24) is 9.88 Å². The second-order valence-corrected chi connectivity index (χ2v) is 6.57. The smallest absolute Gasteiger partial charge is 0.261 e. The second kappa shape index (κ2) is 7.93. The number of ether oxygens (including phenoxy) is 1. The quantitative estimate of drug-likeness (QED) is 0.886. The number of hydrogen-bond donors (Lipinski definition) is 1. The molecule has 0 aliphatic heterocycles. The molecule has 0 aliphatic rings. The molecule has 0 radical (unpaired) electrons. The number of nitrogens with zero attached hydrogens (tertiary/aromatic N) is 2. The van der Waals surface area contributed by atoms with Crippen LogP contribution in [-0.2, 0) is 17.9 Å². The molecule has 0 spiro atoms. The van der Waals surface area contributed by atoms with Crippen LogP contribution in [0.25, 0.3) is 0 Å². The van der Waals surface area contributed by atoms with Crippen LogP contribution in [0.15, 0.2) is 48.7 Å². The van der Waals surface area contributed by atoms with E-state index in [9.17, 15) is 4.79 Å². The predicted molar refractivity (Wildman–Crippen MR) is 92.4 cm³/mol. The molecule has 0 aliphatic carbocycles. The van der Waals surface area contributed by atoms with Crippen LogP contribution in [0.4, 0.5) is 0 Å². The van der Waals surface area contributed by atoms with E-state index in [-0.39, 0.29) is 24.7 Å². The average Bonchev–Trinajstić information content (AvgIpc) is 2.58. The van der Waals surface area contributed by atoms with E-state index in [1.807, 2.05) is 51.1 Å². The van der Waals surface area contributed by atoms with Crippen molar-refractivity contribution in [2.45, 2.75) is 39.5 Å². The summed E-state index contributed by atoms with van der Waals surface area (Å²) >= 11 is 0. The molecule has 0 atom stereocenters. The van der Waals surface area contributed by atoms with Gasteiger partial charge in [0.15, 0.2) is 6.61 Å². The number of amides is 1. The zero-order valence-corrected chi connectivity index (χ0v) is 14.4. The Kier molecular flexibility index (Phi) is 5.93. The lowest BCUT2D eigenvalue weighted by molar-refractivity contribution is -0.139.